The van der Waals surface area contributed by atoms with Crippen LogP contribution in [0, 0.1) is 17.7 Å². The predicted molar refractivity (Wildman–Crippen MR) is 60.0 cm³/mol. The third-order valence-corrected chi connectivity index (χ3v) is 2.13. The van der Waals surface area contributed by atoms with Gasteiger partial charge >= 0.3 is 0 Å². The average Bonchev–Trinajstić information content (AvgIpc) is 2.30. The first-order valence-corrected chi connectivity index (χ1v) is 4.95. The van der Waals surface area contributed by atoms with Crippen LogP contribution in [0.4, 0.5) is 4.39 Å². The van der Waals surface area contributed by atoms with Gasteiger partial charge in [0.05, 0.1) is 7.11 Å². The molecule has 0 spiro atoms. The zero-order chi connectivity index (χ0) is 12.0. The first-order valence-electron chi connectivity index (χ1n) is 4.95. The second-order valence-electron chi connectivity index (χ2n) is 3.20. The summed E-state index contributed by atoms with van der Waals surface area (Å²) in [5.41, 5.74) is 0.455. The van der Waals surface area contributed by atoms with Crippen molar-refractivity contribution in [1.82, 2.24) is 0 Å². The van der Waals surface area contributed by atoms with Gasteiger partial charge in [-0.2, -0.15) is 0 Å². The van der Waals surface area contributed by atoms with Crippen LogP contribution < -0.4 is 4.74 Å². The topological polar surface area (TPSA) is 26.3 Å². The maximum Gasteiger partial charge on any atom is 0.165 e. The molecule has 0 heterocycles. The number of hydrogen-bond donors (Lipinski definition) is 0. The molecule has 0 bridgehead atoms. The molecule has 0 fully saturated rings. The van der Waals surface area contributed by atoms with Crippen LogP contribution in [0.5, 0.6) is 5.75 Å². The summed E-state index contributed by atoms with van der Waals surface area (Å²) in [5, 5.41) is 0. The molecule has 0 aliphatic carbocycles. The summed E-state index contributed by atoms with van der Waals surface area (Å²) in [6.45, 7) is 1.73. The van der Waals surface area contributed by atoms with E-state index in [1.54, 1.807) is 6.92 Å². The van der Waals surface area contributed by atoms with Crippen LogP contribution in [0.1, 0.15) is 30.1 Å². The van der Waals surface area contributed by atoms with Gasteiger partial charge in [-0.05, 0) is 25.1 Å². The van der Waals surface area contributed by atoms with Crippen molar-refractivity contribution in [2.24, 2.45) is 0 Å². The lowest BCUT2D eigenvalue weighted by Crippen LogP contribution is -2.00. The largest absolute Gasteiger partial charge is 0.494 e. The lowest BCUT2D eigenvalue weighted by atomic mass is 10.1. The van der Waals surface area contributed by atoms with Crippen molar-refractivity contribution in [2.45, 2.75) is 19.8 Å². The molecule has 0 aliphatic rings. The van der Waals surface area contributed by atoms with Crippen molar-refractivity contribution in [3.8, 4) is 17.6 Å². The van der Waals surface area contributed by atoms with Crippen molar-refractivity contribution in [2.75, 3.05) is 7.11 Å². The van der Waals surface area contributed by atoms with E-state index in [2.05, 4.69) is 11.8 Å². The Labute approximate surface area is 94.4 Å². The van der Waals surface area contributed by atoms with Crippen molar-refractivity contribution < 1.29 is 13.9 Å². The highest BCUT2D eigenvalue weighted by atomic mass is 19.1. The van der Waals surface area contributed by atoms with Crippen molar-refractivity contribution in [3.63, 3.8) is 0 Å². The van der Waals surface area contributed by atoms with E-state index in [0.717, 1.165) is 0 Å². The van der Waals surface area contributed by atoms with Crippen LogP contribution in [0.15, 0.2) is 18.2 Å². The molecule has 0 atom stereocenters. The number of carbonyl (C=O) groups excluding carboxylic acids is 1. The molecule has 0 saturated carbocycles. The number of carbonyl (C=O) groups is 1. The number of benzene rings is 1. The molecule has 0 aliphatic heterocycles. The summed E-state index contributed by atoms with van der Waals surface area (Å²) in [6, 6.07) is 4.11. The zero-order valence-corrected chi connectivity index (χ0v) is 9.34. The lowest BCUT2D eigenvalue weighted by molar-refractivity contribution is 0.0984. The van der Waals surface area contributed by atoms with E-state index in [0.29, 0.717) is 18.4 Å². The fraction of sp³-hybridized carbons (Fsp3) is 0.308. The van der Waals surface area contributed by atoms with E-state index in [1.807, 2.05) is 0 Å². The van der Waals surface area contributed by atoms with Gasteiger partial charge in [-0.15, -0.1) is 11.8 Å². The maximum absolute atomic E-state index is 13.1. The average molecular weight is 220 g/mol. The molecule has 1 aromatic carbocycles. The summed E-state index contributed by atoms with van der Waals surface area (Å²) in [5.74, 6) is 5.10. The van der Waals surface area contributed by atoms with Crippen LogP contribution >= 0.6 is 0 Å². The number of ketones is 1. The molecule has 0 amide bonds. The molecule has 0 saturated heterocycles. The Balaban J connectivity index is 2.78. The van der Waals surface area contributed by atoms with Gasteiger partial charge in [0.15, 0.2) is 17.3 Å². The molecule has 84 valence electrons. The molecular weight excluding hydrogens is 207 g/mol. The third kappa shape index (κ3) is 3.09. The highest BCUT2D eigenvalue weighted by Crippen LogP contribution is 2.19. The summed E-state index contributed by atoms with van der Waals surface area (Å²) < 4.78 is 17.9. The molecule has 1 aromatic rings. The van der Waals surface area contributed by atoms with Crippen LogP contribution in [-0.2, 0) is 0 Å². The van der Waals surface area contributed by atoms with E-state index >= 15 is 0 Å². The smallest absolute Gasteiger partial charge is 0.165 e. The third-order valence-electron chi connectivity index (χ3n) is 2.13. The highest BCUT2D eigenvalue weighted by molar-refractivity contribution is 5.96. The number of halogens is 1. The summed E-state index contributed by atoms with van der Waals surface area (Å²) in [4.78, 5) is 11.7. The maximum atomic E-state index is 13.1. The van der Waals surface area contributed by atoms with E-state index in [1.165, 1.54) is 25.3 Å². The fourth-order valence-corrected chi connectivity index (χ4v) is 1.28. The molecule has 16 heavy (non-hydrogen) atoms. The SMILES string of the molecule is CC#CCCC(=O)c1ccc(F)c(OC)c1. The quantitative estimate of drug-likeness (QED) is 0.576. The predicted octanol–water partition coefficient (Wildman–Crippen LogP) is 2.82. The van der Waals surface area contributed by atoms with Gasteiger partial charge in [0, 0.05) is 18.4 Å². The van der Waals surface area contributed by atoms with Gasteiger partial charge in [0.2, 0.25) is 0 Å². The fourth-order valence-electron chi connectivity index (χ4n) is 1.28. The molecule has 0 aromatic heterocycles. The van der Waals surface area contributed by atoms with Crippen molar-refractivity contribution >= 4 is 5.78 Å². The normalized spacial score (nSPS) is 9.19. The summed E-state index contributed by atoms with van der Waals surface area (Å²) >= 11 is 0. The van der Waals surface area contributed by atoms with Gasteiger partial charge < -0.3 is 4.74 Å². The molecule has 1 rings (SSSR count). The van der Waals surface area contributed by atoms with E-state index < -0.39 is 5.82 Å². The minimum absolute atomic E-state index is 0.0546. The molecule has 0 unspecified atom stereocenters. The van der Waals surface area contributed by atoms with E-state index in [-0.39, 0.29) is 11.5 Å². The second kappa shape index (κ2) is 5.92. The Hall–Kier alpha value is -1.82. The molecule has 0 radical (unpaired) electrons. The van der Waals surface area contributed by atoms with Crippen LogP contribution in [0.3, 0.4) is 0 Å². The number of Topliss-reactive ketones (excluding diaryl/α,β-unsaturated/α-hetero) is 1. The monoisotopic (exact) mass is 220 g/mol. The number of rotatable bonds is 4. The number of methoxy groups -OCH3 is 1. The Morgan fingerprint density at radius 3 is 2.88 bits per heavy atom. The zero-order valence-electron chi connectivity index (χ0n) is 9.34. The van der Waals surface area contributed by atoms with Crippen LogP contribution in [-0.4, -0.2) is 12.9 Å². The Bertz CT molecular complexity index is 441. The Morgan fingerprint density at radius 1 is 1.50 bits per heavy atom. The summed E-state index contributed by atoms with van der Waals surface area (Å²) in [6.07, 6.45) is 0.866. The van der Waals surface area contributed by atoms with E-state index in [4.69, 9.17) is 4.74 Å². The van der Waals surface area contributed by atoms with Gasteiger partial charge in [-0.3, -0.25) is 4.79 Å². The van der Waals surface area contributed by atoms with Crippen LogP contribution in [0.25, 0.3) is 0 Å². The Kier molecular flexibility index (Phi) is 4.53. The van der Waals surface area contributed by atoms with Gasteiger partial charge in [0.1, 0.15) is 0 Å². The van der Waals surface area contributed by atoms with Gasteiger partial charge in [-0.1, -0.05) is 0 Å². The van der Waals surface area contributed by atoms with Crippen LogP contribution in [0.2, 0.25) is 0 Å². The van der Waals surface area contributed by atoms with Crippen molar-refractivity contribution in [3.05, 3.63) is 29.6 Å². The second-order valence-corrected chi connectivity index (χ2v) is 3.20. The first kappa shape index (κ1) is 12.3. The minimum Gasteiger partial charge on any atom is -0.494 e. The minimum atomic E-state index is -0.465. The van der Waals surface area contributed by atoms with Crippen molar-refractivity contribution in [1.29, 1.82) is 0 Å². The lowest BCUT2D eigenvalue weighted by Gasteiger charge is -2.04. The Morgan fingerprint density at radius 2 is 2.25 bits per heavy atom. The number of hydrogen-bond acceptors (Lipinski definition) is 2. The standard InChI is InChI=1S/C13H13FO2/c1-3-4-5-6-12(15)10-7-8-11(14)13(9-10)16-2/h7-9H,5-6H2,1-2H3. The molecule has 0 N–H and O–H groups in total. The van der Waals surface area contributed by atoms with E-state index in [9.17, 15) is 9.18 Å². The van der Waals surface area contributed by atoms with Gasteiger partial charge in [0.25, 0.3) is 0 Å². The highest BCUT2D eigenvalue weighted by Gasteiger charge is 2.09. The molecular formula is C13H13FO2. The molecule has 3 heteroatoms. The number of ether oxygens (including phenoxy) is 1. The van der Waals surface area contributed by atoms with Gasteiger partial charge in [-0.25, -0.2) is 4.39 Å². The molecule has 2 nitrogen and oxygen atoms in total. The summed E-state index contributed by atoms with van der Waals surface area (Å²) in [7, 11) is 1.37. The first-order chi connectivity index (χ1) is 7.69.